The molecule has 2 aliphatic rings. The first-order valence-corrected chi connectivity index (χ1v) is 8.56. The Bertz CT molecular complexity index is 709. The van der Waals surface area contributed by atoms with E-state index >= 15 is 0 Å². The predicted octanol–water partition coefficient (Wildman–Crippen LogP) is 1.35. The van der Waals surface area contributed by atoms with Crippen LogP contribution in [-0.4, -0.2) is 45.1 Å². The van der Waals surface area contributed by atoms with Gasteiger partial charge in [0.05, 0.1) is 0 Å². The minimum atomic E-state index is -0.221. The molecule has 1 aliphatic carbocycles. The maximum Gasteiger partial charge on any atom is 0.289 e. The molecule has 1 N–H and O–H groups in total. The third-order valence-electron chi connectivity index (χ3n) is 4.80. The first-order valence-electron chi connectivity index (χ1n) is 8.56. The summed E-state index contributed by atoms with van der Waals surface area (Å²) in [5, 5.41) is 7.32. The molecule has 0 aromatic carbocycles. The molecule has 1 unspecified atom stereocenters. The molecule has 0 saturated carbocycles. The molecule has 1 amide bonds. The summed E-state index contributed by atoms with van der Waals surface area (Å²) >= 11 is 0. The number of amides is 1. The van der Waals surface area contributed by atoms with Crippen LogP contribution in [0.3, 0.4) is 0 Å². The van der Waals surface area contributed by atoms with Crippen molar-refractivity contribution in [3.05, 3.63) is 41.3 Å². The van der Waals surface area contributed by atoms with Crippen LogP contribution in [0.15, 0.2) is 23.0 Å². The van der Waals surface area contributed by atoms with E-state index in [1.807, 2.05) is 0 Å². The van der Waals surface area contributed by atoms with Crippen LogP contribution < -0.4 is 5.32 Å². The predicted molar refractivity (Wildman–Crippen MR) is 86.3 cm³/mol. The van der Waals surface area contributed by atoms with E-state index in [1.165, 1.54) is 18.4 Å². The number of nitrogens with one attached hydrogen (secondary N) is 1. The molecule has 7 heteroatoms. The van der Waals surface area contributed by atoms with Crippen molar-refractivity contribution in [3.63, 3.8) is 0 Å². The zero-order valence-corrected chi connectivity index (χ0v) is 13.6. The highest BCUT2D eigenvalue weighted by atomic mass is 16.5. The minimum Gasteiger partial charge on any atom is -0.361 e. The maximum absolute atomic E-state index is 12.2. The van der Waals surface area contributed by atoms with E-state index in [0.717, 1.165) is 50.4 Å². The normalized spacial score (nSPS) is 20.8. The smallest absolute Gasteiger partial charge is 0.289 e. The number of carbonyl (C=O) groups is 1. The van der Waals surface area contributed by atoms with Crippen LogP contribution in [0.4, 0.5) is 0 Å². The molecule has 24 heavy (non-hydrogen) atoms. The van der Waals surface area contributed by atoms with Gasteiger partial charge in [0.25, 0.3) is 5.91 Å². The summed E-state index contributed by atoms with van der Waals surface area (Å²) in [7, 11) is 0. The van der Waals surface area contributed by atoms with Gasteiger partial charge in [0.15, 0.2) is 0 Å². The Kier molecular flexibility index (Phi) is 4.25. The third-order valence-corrected chi connectivity index (χ3v) is 4.80. The van der Waals surface area contributed by atoms with Gasteiger partial charge in [-0.05, 0) is 44.8 Å². The van der Waals surface area contributed by atoms with E-state index in [4.69, 9.17) is 4.52 Å². The SMILES string of the molecule is O=C(NC1CCc2onc(CN3CCCC3)c2C1)c1ncccn1. The van der Waals surface area contributed by atoms with Gasteiger partial charge in [-0.3, -0.25) is 9.69 Å². The molecule has 1 fully saturated rings. The summed E-state index contributed by atoms with van der Waals surface area (Å²) in [5.74, 6) is 0.971. The Labute approximate surface area is 140 Å². The van der Waals surface area contributed by atoms with E-state index < -0.39 is 0 Å². The van der Waals surface area contributed by atoms with Crippen LogP contribution >= 0.6 is 0 Å². The minimum absolute atomic E-state index is 0.0746. The highest BCUT2D eigenvalue weighted by molar-refractivity contribution is 5.90. The first kappa shape index (κ1) is 15.3. The Hall–Kier alpha value is -2.28. The first-order chi connectivity index (χ1) is 11.8. The number of hydrogen-bond donors (Lipinski definition) is 1. The quantitative estimate of drug-likeness (QED) is 0.912. The fourth-order valence-corrected chi connectivity index (χ4v) is 3.53. The topological polar surface area (TPSA) is 84.2 Å². The van der Waals surface area contributed by atoms with Crippen LogP contribution in [0.5, 0.6) is 0 Å². The standard InChI is InChI=1S/C17H21N5O2/c23-17(16-18-6-3-7-19-16)20-12-4-5-15-13(10-12)14(21-24-15)11-22-8-1-2-9-22/h3,6-7,12H,1-2,4-5,8-11H2,(H,20,23). The van der Waals surface area contributed by atoms with E-state index in [1.54, 1.807) is 18.5 Å². The summed E-state index contributed by atoms with van der Waals surface area (Å²) < 4.78 is 5.52. The molecule has 1 atom stereocenters. The number of rotatable bonds is 4. The van der Waals surface area contributed by atoms with Gasteiger partial charge in [0.1, 0.15) is 11.5 Å². The van der Waals surface area contributed by atoms with Crippen molar-refractivity contribution >= 4 is 5.91 Å². The Morgan fingerprint density at radius 1 is 1.29 bits per heavy atom. The van der Waals surface area contributed by atoms with Gasteiger partial charge >= 0.3 is 0 Å². The van der Waals surface area contributed by atoms with Crippen LogP contribution in [-0.2, 0) is 19.4 Å². The van der Waals surface area contributed by atoms with Crippen molar-refractivity contribution < 1.29 is 9.32 Å². The van der Waals surface area contributed by atoms with Crippen LogP contribution in [0, 0.1) is 0 Å². The molecule has 1 aliphatic heterocycles. The summed E-state index contributed by atoms with van der Waals surface area (Å²) in [4.78, 5) is 22.7. The molecular formula is C17H21N5O2. The van der Waals surface area contributed by atoms with Crippen molar-refractivity contribution in [3.8, 4) is 0 Å². The van der Waals surface area contributed by atoms with Crippen molar-refractivity contribution in [1.82, 2.24) is 25.3 Å². The molecular weight excluding hydrogens is 306 g/mol. The summed E-state index contributed by atoms with van der Waals surface area (Å²) in [6, 6.07) is 1.77. The van der Waals surface area contributed by atoms with Crippen molar-refractivity contribution in [2.45, 2.75) is 44.7 Å². The summed E-state index contributed by atoms with van der Waals surface area (Å²) in [6.07, 6.45) is 8.10. The van der Waals surface area contributed by atoms with Gasteiger partial charge in [-0.2, -0.15) is 0 Å². The number of hydrogen-bond acceptors (Lipinski definition) is 6. The lowest BCUT2D eigenvalue weighted by atomic mass is 9.92. The van der Waals surface area contributed by atoms with Crippen LogP contribution in [0.1, 0.15) is 46.9 Å². The van der Waals surface area contributed by atoms with Crippen LogP contribution in [0.25, 0.3) is 0 Å². The number of carbonyl (C=O) groups excluding carboxylic acids is 1. The van der Waals surface area contributed by atoms with E-state index in [2.05, 4.69) is 25.3 Å². The average molecular weight is 327 g/mol. The zero-order valence-electron chi connectivity index (χ0n) is 13.6. The lowest BCUT2D eigenvalue weighted by molar-refractivity contribution is 0.0922. The molecule has 0 spiro atoms. The molecule has 2 aromatic heterocycles. The molecule has 7 nitrogen and oxygen atoms in total. The second-order valence-corrected chi connectivity index (χ2v) is 6.50. The average Bonchev–Trinajstić information content (AvgIpc) is 3.26. The third kappa shape index (κ3) is 3.17. The molecule has 4 rings (SSSR count). The van der Waals surface area contributed by atoms with Gasteiger partial charge < -0.3 is 9.84 Å². The Balaban J connectivity index is 1.43. The van der Waals surface area contributed by atoms with Gasteiger partial charge in [-0.25, -0.2) is 9.97 Å². The number of aryl methyl sites for hydroxylation is 1. The molecule has 0 bridgehead atoms. The fraction of sp³-hybridized carbons (Fsp3) is 0.529. The molecule has 126 valence electrons. The number of fused-ring (bicyclic) bond motifs is 1. The monoisotopic (exact) mass is 327 g/mol. The molecule has 3 heterocycles. The van der Waals surface area contributed by atoms with E-state index in [-0.39, 0.29) is 17.8 Å². The van der Waals surface area contributed by atoms with Gasteiger partial charge in [-0.1, -0.05) is 5.16 Å². The zero-order chi connectivity index (χ0) is 16.4. The largest absolute Gasteiger partial charge is 0.361 e. The van der Waals surface area contributed by atoms with Crippen molar-refractivity contribution in [1.29, 1.82) is 0 Å². The second-order valence-electron chi connectivity index (χ2n) is 6.50. The Morgan fingerprint density at radius 2 is 2.08 bits per heavy atom. The lowest BCUT2D eigenvalue weighted by Crippen LogP contribution is -2.39. The highest BCUT2D eigenvalue weighted by Crippen LogP contribution is 2.26. The Morgan fingerprint density at radius 3 is 2.88 bits per heavy atom. The van der Waals surface area contributed by atoms with Gasteiger partial charge in [-0.15, -0.1) is 0 Å². The number of likely N-dealkylation sites (tertiary alicyclic amines) is 1. The summed E-state index contributed by atoms with van der Waals surface area (Å²) in [5.41, 5.74) is 2.20. The maximum atomic E-state index is 12.2. The van der Waals surface area contributed by atoms with Crippen molar-refractivity contribution in [2.24, 2.45) is 0 Å². The fourth-order valence-electron chi connectivity index (χ4n) is 3.53. The lowest BCUT2D eigenvalue weighted by Gasteiger charge is -2.23. The second kappa shape index (κ2) is 6.68. The van der Waals surface area contributed by atoms with E-state index in [0.29, 0.717) is 0 Å². The molecule has 0 radical (unpaired) electrons. The van der Waals surface area contributed by atoms with Crippen LogP contribution in [0.2, 0.25) is 0 Å². The molecule has 2 aromatic rings. The highest BCUT2D eigenvalue weighted by Gasteiger charge is 2.28. The van der Waals surface area contributed by atoms with Gasteiger partial charge in [0, 0.05) is 37.0 Å². The van der Waals surface area contributed by atoms with E-state index in [9.17, 15) is 4.79 Å². The van der Waals surface area contributed by atoms with Crippen molar-refractivity contribution in [2.75, 3.05) is 13.1 Å². The van der Waals surface area contributed by atoms with Gasteiger partial charge in [0.2, 0.25) is 5.82 Å². The number of nitrogens with zero attached hydrogens (tertiary/aromatic N) is 4. The summed E-state index contributed by atoms with van der Waals surface area (Å²) in [6.45, 7) is 3.11. The molecule has 1 saturated heterocycles. The number of aromatic nitrogens is 3.